The van der Waals surface area contributed by atoms with E-state index in [0.717, 1.165) is 18.2 Å². The van der Waals surface area contributed by atoms with Crippen LogP contribution in [0.1, 0.15) is 5.56 Å². The Morgan fingerprint density at radius 3 is 2.44 bits per heavy atom. The van der Waals surface area contributed by atoms with Gasteiger partial charge in [0.05, 0.1) is 18.4 Å². The lowest BCUT2D eigenvalue weighted by Gasteiger charge is -2.15. The molecule has 0 unspecified atom stereocenters. The standard InChI is InChI=1S/C17H16F3NO4/c1-23-10-16(22)21-14-8-11(17(18,19)20)6-7-15(14)25-13-5-3-4-12(9-13)24-2/h3-9H,10H2,1-2H3,(H,21,22). The quantitative estimate of drug-likeness (QED) is 0.848. The minimum Gasteiger partial charge on any atom is -0.497 e. The monoisotopic (exact) mass is 355 g/mol. The van der Waals surface area contributed by atoms with E-state index in [9.17, 15) is 18.0 Å². The van der Waals surface area contributed by atoms with Crippen LogP contribution >= 0.6 is 0 Å². The van der Waals surface area contributed by atoms with Crippen molar-refractivity contribution >= 4 is 11.6 Å². The second-order valence-corrected chi connectivity index (χ2v) is 4.97. The number of carbonyl (C=O) groups excluding carboxylic acids is 1. The third kappa shape index (κ3) is 5.12. The Bertz CT molecular complexity index is 747. The van der Waals surface area contributed by atoms with Gasteiger partial charge in [0.1, 0.15) is 18.1 Å². The first-order chi connectivity index (χ1) is 11.8. The highest BCUT2D eigenvalue weighted by molar-refractivity contribution is 5.93. The van der Waals surface area contributed by atoms with Crippen LogP contribution in [0.15, 0.2) is 42.5 Å². The Labute approximate surface area is 142 Å². The average molecular weight is 355 g/mol. The number of halogens is 3. The van der Waals surface area contributed by atoms with Crippen molar-refractivity contribution in [3.05, 3.63) is 48.0 Å². The Morgan fingerprint density at radius 1 is 1.08 bits per heavy atom. The third-order valence-electron chi connectivity index (χ3n) is 3.13. The van der Waals surface area contributed by atoms with Crippen molar-refractivity contribution in [1.82, 2.24) is 0 Å². The molecule has 0 fully saturated rings. The number of hydrogen-bond donors (Lipinski definition) is 1. The molecule has 0 aliphatic carbocycles. The Kier molecular flexibility index (Phi) is 5.87. The number of methoxy groups -OCH3 is 2. The van der Waals surface area contributed by atoms with Gasteiger partial charge in [0.15, 0.2) is 5.75 Å². The molecule has 0 atom stereocenters. The molecule has 0 spiro atoms. The van der Waals surface area contributed by atoms with Gasteiger partial charge in [-0.05, 0) is 30.3 Å². The molecule has 0 aliphatic heterocycles. The maximum Gasteiger partial charge on any atom is 0.416 e. The van der Waals surface area contributed by atoms with Crippen LogP contribution in [-0.2, 0) is 15.7 Å². The number of rotatable bonds is 6. The predicted octanol–water partition coefficient (Wildman–Crippen LogP) is 4.09. The molecule has 8 heteroatoms. The van der Waals surface area contributed by atoms with E-state index in [1.807, 2.05) is 0 Å². The van der Waals surface area contributed by atoms with E-state index >= 15 is 0 Å². The summed E-state index contributed by atoms with van der Waals surface area (Å²) in [6.07, 6.45) is -4.55. The zero-order valence-electron chi connectivity index (χ0n) is 13.5. The van der Waals surface area contributed by atoms with Crippen molar-refractivity contribution in [2.75, 3.05) is 26.1 Å². The van der Waals surface area contributed by atoms with Crippen LogP contribution in [0.2, 0.25) is 0 Å². The highest BCUT2D eigenvalue weighted by Crippen LogP contribution is 2.37. The van der Waals surface area contributed by atoms with E-state index in [2.05, 4.69) is 10.1 Å². The largest absolute Gasteiger partial charge is 0.497 e. The number of hydrogen-bond acceptors (Lipinski definition) is 4. The van der Waals surface area contributed by atoms with Crippen LogP contribution in [0, 0.1) is 0 Å². The average Bonchev–Trinajstić information content (AvgIpc) is 2.56. The number of amides is 1. The maximum atomic E-state index is 12.9. The summed E-state index contributed by atoms with van der Waals surface area (Å²) in [7, 11) is 2.78. The van der Waals surface area contributed by atoms with Crippen LogP contribution in [0.3, 0.4) is 0 Å². The number of alkyl halides is 3. The molecule has 25 heavy (non-hydrogen) atoms. The lowest BCUT2D eigenvalue weighted by Crippen LogP contribution is -2.18. The summed E-state index contributed by atoms with van der Waals surface area (Å²) in [5.74, 6) is 0.332. The lowest BCUT2D eigenvalue weighted by molar-refractivity contribution is -0.137. The van der Waals surface area contributed by atoms with E-state index in [4.69, 9.17) is 9.47 Å². The summed E-state index contributed by atoms with van der Waals surface area (Å²) >= 11 is 0. The van der Waals surface area contributed by atoms with Crippen molar-refractivity contribution < 1.29 is 32.2 Å². The number of benzene rings is 2. The van der Waals surface area contributed by atoms with E-state index in [1.54, 1.807) is 24.3 Å². The second-order valence-electron chi connectivity index (χ2n) is 4.97. The van der Waals surface area contributed by atoms with Gasteiger partial charge < -0.3 is 19.5 Å². The fraction of sp³-hybridized carbons (Fsp3) is 0.235. The summed E-state index contributed by atoms with van der Waals surface area (Å²) in [6.45, 7) is -0.297. The van der Waals surface area contributed by atoms with Gasteiger partial charge in [-0.15, -0.1) is 0 Å². The molecule has 2 rings (SSSR count). The van der Waals surface area contributed by atoms with Crippen molar-refractivity contribution in [3.63, 3.8) is 0 Å². The van der Waals surface area contributed by atoms with Crippen LogP contribution in [-0.4, -0.2) is 26.7 Å². The molecule has 0 radical (unpaired) electrons. The molecule has 2 aromatic carbocycles. The second kappa shape index (κ2) is 7.89. The van der Waals surface area contributed by atoms with E-state index in [-0.39, 0.29) is 18.0 Å². The number of ether oxygens (including phenoxy) is 3. The fourth-order valence-electron chi connectivity index (χ4n) is 2.00. The summed E-state index contributed by atoms with van der Waals surface area (Å²) < 4.78 is 54.1. The molecular formula is C17H16F3NO4. The first kappa shape index (κ1) is 18.6. The summed E-state index contributed by atoms with van der Waals surface area (Å²) in [5, 5.41) is 2.35. The van der Waals surface area contributed by atoms with Crippen LogP contribution in [0.25, 0.3) is 0 Å². The summed E-state index contributed by atoms with van der Waals surface area (Å²) in [6, 6.07) is 9.37. The van der Waals surface area contributed by atoms with Crippen LogP contribution in [0.5, 0.6) is 17.2 Å². The van der Waals surface area contributed by atoms with Gasteiger partial charge in [0.2, 0.25) is 5.91 Å². The Morgan fingerprint density at radius 2 is 1.80 bits per heavy atom. The van der Waals surface area contributed by atoms with E-state index in [0.29, 0.717) is 11.5 Å². The Hall–Kier alpha value is -2.74. The van der Waals surface area contributed by atoms with Gasteiger partial charge in [-0.1, -0.05) is 6.07 Å². The first-order valence-corrected chi connectivity index (χ1v) is 7.15. The Balaban J connectivity index is 2.35. The molecular weight excluding hydrogens is 339 g/mol. The zero-order chi connectivity index (χ0) is 18.4. The van der Waals surface area contributed by atoms with Crippen molar-refractivity contribution in [3.8, 4) is 17.2 Å². The van der Waals surface area contributed by atoms with E-state index < -0.39 is 17.6 Å². The van der Waals surface area contributed by atoms with Crippen molar-refractivity contribution in [2.45, 2.75) is 6.18 Å². The molecule has 0 aromatic heterocycles. The number of nitrogens with one attached hydrogen (secondary N) is 1. The van der Waals surface area contributed by atoms with E-state index in [1.165, 1.54) is 14.2 Å². The summed E-state index contributed by atoms with van der Waals surface area (Å²) in [4.78, 5) is 11.7. The molecule has 0 heterocycles. The van der Waals surface area contributed by atoms with Gasteiger partial charge >= 0.3 is 6.18 Å². The van der Waals surface area contributed by atoms with Crippen LogP contribution < -0.4 is 14.8 Å². The predicted molar refractivity (Wildman–Crippen MR) is 85.0 cm³/mol. The first-order valence-electron chi connectivity index (χ1n) is 7.15. The van der Waals surface area contributed by atoms with Gasteiger partial charge in [-0.3, -0.25) is 4.79 Å². The molecule has 0 saturated carbocycles. The molecule has 134 valence electrons. The summed E-state index contributed by atoms with van der Waals surface area (Å²) in [5.41, 5.74) is -1.02. The minimum absolute atomic E-state index is 0.0608. The molecule has 1 N–H and O–H groups in total. The maximum absolute atomic E-state index is 12.9. The van der Waals surface area contributed by atoms with Crippen molar-refractivity contribution in [2.24, 2.45) is 0 Å². The molecule has 2 aromatic rings. The topological polar surface area (TPSA) is 56.8 Å². The molecule has 5 nitrogen and oxygen atoms in total. The SMILES string of the molecule is COCC(=O)Nc1cc(C(F)(F)F)ccc1Oc1cccc(OC)c1. The molecule has 0 saturated heterocycles. The number of carbonyl (C=O) groups is 1. The molecule has 0 bridgehead atoms. The highest BCUT2D eigenvalue weighted by Gasteiger charge is 2.31. The lowest BCUT2D eigenvalue weighted by atomic mass is 10.1. The smallest absolute Gasteiger partial charge is 0.416 e. The molecule has 1 amide bonds. The third-order valence-corrected chi connectivity index (χ3v) is 3.13. The highest BCUT2D eigenvalue weighted by atomic mass is 19.4. The minimum atomic E-state index is -4.55. The van der Waals surface area contributed by atoms with Gasteiger partial charge in [-0.25, -0.2) is 0 Å². The van der Waals surface area contributed by atoms with Gasteiger partial charge in [0.25, 0.3) is 0 Å². The van der Waals surface area contributed by atoms with Crippen LogP contribution in [0.4, 0.5) is 18.9 Å². The fourth-order valence-corrected chi connectivity index (χ4v) is 2.00. The van der Waals surface area contributed by atoms with Gasteiger partial charge in [0, 0.05) is 13.2 Å². The zero-order valence-corrected chi connectivity index (χ0v) is 13.5. The number of anilines is 1. The normalized spacial score (nSPS) is 11.1. The van der Waals surface area contributed by atoms with Gasteiger partial charge in [-0.2, -0.15) is 13.2 Å². The molecule has 0 aliphatic rings. The van der Waals surface area contributed by atoms with Crippen molar-refractivity contribution in [1.29, 1.82) is 0 Å².